The zero-order chi connectivity index (χ0) is 13.5. The van der Waals surface area contributed by atoms with E-state index in [0.717, 1.165) is 5.69 Å². The topological polar surface area (TPSA) is 57.5 Å². The number of carbonyl (C=O) groups is 1. The summed E-state index contributed by atoms with van der Waals surface area (Å²) in [4.78, 5) is 13.2. The summed E-state index contributed by atoms with van der Waals surface area (Å²) in [6.45, 7) is 4.80. The second-order valence-corrected chi connectivity index (χ2v) is 4.16. The number of carbonyl (C=O) groups excluding carboxylic acids is 1. The molecule has 0 aliphatic carbocycles. The highest BCUT2D eigenvalue weighted by Crippen LogP contribution is 2.12. The number of hydrogen-bond donors (Lipinski definition) is 0. The molecule has 1 saturated heterocycles. The van der Waals surface area contributed by atoms with Gasteiger partial charge in [0.05, 0.1) is 25.4 Å². The van der Waals surface area contributed by atoms with Gasteiger partial charge in [-0.2, -0.15) is 0 Å². The number of rotatable bonds is 3. The monoisotopic (exact) mass is 262 g/mol. The third-order valence-electron chi connectivity index (χ3n) is 2.82. The molecule has 0 saturated carbocycles. The summed E-state index contributed by atoms with van der Waals surface area (Å²) < 4.78 is 4.96. The maximum atomic E-state index is 11.5. The molecule has 6 heteroatoms. The number of hydrogen-bond acceptors (Lipinski definition) is 4. The number of nitrogens with zero attached hydrogens (tertiary/aromatic N) is 4. The summed E-state index contributed by atoms with van der Waals surface area (Å²) in [6.07, 6.45) is -0.248. The highest BCUT2D eigenvalue weighted by molar-refractivity contribution is 5.67. The molecule has 19 heavy (non-hydrogen) atoms. The first kappa shape index (κ1) is 13.3. The van der Waals surface area contributed by atoms with E-state index >= 15 is 0 Å². The van der Waals surface area contributed by atoms with Gasteiger partial charge in [0.25, 0.3) is 0 Å². The zero-order valence-electron chi connectivity index (χ0n) is 11.0. The van der Waals surface area contributed by atoms with E-state index in [0.29, 0.717) is 32.8 Å². The molecule has 1 fully saturated rings. The molecular weight excluding hydrogens is 244 g/mol. The molecular formula is C13H18N4O2. The summed E-state index contributed by atoms with van der Waals surface area (Å²) in [6, 6.07) is 9.59. The van der Waals surface area contributed by atoms with Gasteiger partial charge in [-0.1, -0.05) is 23.4 Å². The molecule has 0 N–H and O–H groups in total. The van der Waals surface area contributed by atoms with Gasteiger partial charge in [-0.3, -0.25) is 5.01 Å². The van der Waals surface area contributed by atoms with Crippen LogP contribution in [0.1, 0.15) is 6.92 Å². The molecule has 0 aromatic heterocycles. The zero-order valence-corrected chi connectivity index (χ0v) is 11.0. The van der Waals surface area contributed by atoms with Gasteiger partial charge in [-0.15, -0.1) is 5.11 Å². The van der Waals surface area contributed by atoms with Crippen molar-refractivity contribution < 1.29 is 9.53 Å². The minimum atomic E-state index is -0.248. The third-order valence-corrected chi connectivity index (χ3v) is 2.82. The summed E-state index contributed by atoms with van der Waals surface area (Å²) in [5.74, 6) is 0. The largest absolute Gasteiger partial charge is 0.450 e. The van der Waals surface area contributed by atoms with Gasteiger partial charge >= 0.3 is 6.09 Å². The van der Waals surface area contributed by atoms with Crippen molar-refractivity contribution in [3.8, 4) is 0 Å². The third kappa shape index (κ3) is 3.94. The van der Waals surface area contributed by atoms with Crippen LogP contribution in [0.15, 0.2) is 40.7 Å². The number of amides is 1. The van der Waals surface area contributed by atoms with E-state index in [-0.39, 0.29) is 6.09 Å². The van der Waals surface area contributed by atoms with Crippen molar-refractivity contribution in [3.63, 3.8) is 0 Å². The Balaban J connectivity index is 1.80. The molecule has 2 rings (SSSR count). The van der Waals surface area contributed by atoms with Crippen LogP contribution in [0, 0.1) is 0 Å². The molecule has 1 aromatic carbocycles. The average Bonchev–Trinajstić information content (AvgIpc) is 2.47. The molecule has 1 aliphatic rings. The fourth-order valence-electron chi connectivity index (χ4n) is 1.79. The van der Waals surface area contributed by atoms with E-state index < -0.39 is 0 Å². The normalized spacial score (nSPS) is 15.8. The molecule has 1 aliphatic heterocycles. The fraction of sp³-hybridized carbons (Fsp3) is 0.462. The Kier molecular flexibility index (Phi) is 4.72. The number of ether oxygens (including phenoxy) is 1. The Bertz CT molecular complexity index is 428. The molecule has 0 spiro atoms. The molecule has 0 radical (unpaired) electrons. The quantitative estimate of drug-likeness (QED) is 0.786. The minimum Gasteiger partial charge on any atom is -0.450 e. The lowest BCUT2D eigenvalue weighted by molar-refractivity contribution is 0.0784. The maximum Gasteiger partial charge on any atom is 0.409 e. The van der Waals surface area contributed by atoms with Gasteiger partial charge in [0.2, 0.25) is 0 Å². The molecule has 1 aromatic rings. The highest BCUT2D eigenvalue weighted by atomic mass is 16.6. The van der Waals surface area contributed by atoms with Crippen molar-refractivity contribution in [1.29, 1.82) is 0 Å². The van der Waals surface area contributed by atoms with Crippen LogP contribution < -0.4 is 0 Å². The lowest BCUT2D eigenvalue weighted by Crippen LogP contribution is -2.46. The summed E-state index contributed by atoms with van der Waals surface area (Å²) in [5, 5.41) is 10.2. The first-order valence-corrected chi connectivity index (χ1v) is 6.43. The van der Waals surface area contributed by atoms with Crippen LogP contribution in [0.4, 0.5) is 10.5 Å². The van der Waals surface area contributed by atoms with Crippen LogP contribution in [-0.2, 0) is 4.74 Å². The van der Waals surface area contributed by atoms with E-state index in [2.05, 4.69) is 10.3 Å². The van der Waals surface area contributed by atoms with Crippen molar-refractivity contribution in [3.05, 3.63) is 30.3 Å². The molecule has 0 atom stereocenters. The van der Waals surface area contributed by atoms with E-state index in [1.165, 1.54) is 0 Å². The first-order chi connectivity index (χ1) is 9.29. The second-order valence-electron chi connectivity index (χ2n) is 4.16. The predicted molar refractivity (Wildman–Crippen MR) is 71.1 cm³/mol. The van der Waals surface area contributed by atoms with Crippen molar-refractivity contribution in [2.75, 3.05) is 32.8 Å². The molecule has 102 valence electrons. The van der Waals surface area contributed by atoms with Gasteiger partial charge in [-0.25, -0.2) is 4.79 Å². The van der Waals surface area contributed by atoms with Crippen molar-refractivity contribution in [1.82, 2.24) is 9.91 Å². The maximum absolute atomic E-state index is 11.5. The number of piperazine rings is 1. The predicted octanol–water partition coefficient (Wildman–Crippen LogP) is 2.46. The van der Waals surface area contributed by atoms with Gasteiger partial charge in [0, 0.05) is 13.1 Å². The van der Waals surface area contributed by atoms with Gasteiger partial charge in [0.1, 0.15) is 0 Å². The number of benzene rings is 1. The van der Waals surface area contributed by atoms with E-state index in [4.69, 9.17) is 4.74 Å². The molecule has 0 bridgehead atoms. The van der Waals surface area contributed by atoms with Crippen LogP contribution in [-0.4, -0.2) is 48.8 Å². The molecule has 0 unspecified atom stereocenters. The van der Waals surface area contributed by atoms with E-state index in [1.807, 2.05) is 42.3 Å². The van der Waals surface area contributed by atoms with Crippen LogP contribution in [0.25, 0.3) is 0 Å². The van der Waals surface area contributed by atoms with Crippen LogP contribution >= 0.6 is 0 Å². The van der Waals surface area contributed by atoms with Crippen LogP contribution in [0.2, 0.25) is 0 Å². The minimum absolute atomic E-state index is 0.248. The van der Waals surface area contributed by atoms with Crippen molar-refractivity contribution >= 4 is 11.8 Å². The standard InChI is InChI=1S/C13H18N4O2/c1-2-19-13(18)16-8-10-17(11-9-16)15-14-12-6-4-3-5-7-12/h3-7H,2,8-11H2,1H3. The summed E-state index contributed by atoms with van der Waals surface area (Å²) in [5.41, 5.74) is 0.829. The summed E-state index contributed by atoms with van der Waals surface area (Å²) in [7, 11) is 0. The Labute approximate surface area is 112 Å². The molecule has 1 amide bonds. The lowest BCUT2D eigenvalue weighted by atomic mass is 10.3. The SMILES string of the molecule is CCOC(=O)N1CCN(N=Nc2ccccc2)CC1. The summed E-state index contributed by atoms with van der Waals surface area (Å²) >= 11 is 0. The Hall–Kier alpha value is -2.11. The van der Waals surface area contributed by atoms with E-state index in [9.17, 15) is 4.79 Å². The lowest BCUT2D eigenvalue weighted by Gasteiger charge is -2.31. The smallest absolute Gasteiger partial charge is 0.409 e. The van der Waals surface area contributed by atoms with Crippen LogP contribution in [0.3, 0.4) is 0 Å². The van der Waals surface area contributed by atoms with E-state index in [1.54, 1.807) is 4.90 Å². The second kappa shape index (κ2) is 6.72. The molecule has 6 nitrogen and oxygen atoms in total. The fourth-order valence-corrected chi connectivity index (χ4v) is 1.79. The average molecular weight is 262 g/mol. The first-order valence-electron chi connectivity index (χ1n) is 6.43. The Morgan fingerprint density at radius 3 is 2.53 bits per heavy atom. The molecule has 1 heterocycles. The Morgan fingerprint density at radius 2 is 1.89 bits per heavy atom. The highest BCUT2D eigenvalue weighted by Gasteiger charge is 2.20. The van der Waals surface area contributed by atoms with Gasteiger partial charge < -0.3 is 9.64 Å². The van der Waals surface area contributed by atoms with Crippen molar-refractivity contribution in [2.45, 2.75) is 6.92 Å². The van der Waals surface area contributed by atoms with Gasteiger partial charge in [0.15, 0.2) is 0 Å². The Morgan fingerprint density at radius 1 is 1.21 bits per heavy atom. The van der Waals surface area contributed by atoms with Crippen LogP contribution in [0.5, 0.6) is 0 Å². The van der Waals surface area contributed by atoms with Gasteiger partial charge in [-0.05, 0) is 19.1 Å². The van der Waals surface area contributed by atoms with Crippen molar-refractivity contribution in [2.24, 2.45) is 10.3 Å².